The van der Waals surface area contributed by atoms with E-state index in [-0.39, 0.29) is 0 Å². The molecule has 0 aliphatic rings. The number of halogens is 1. The number of fused-ring (bicyclic) bond motifs is 1. The van der Waals surface area contributed by atoms with Crippen LogP contribution in [0.4, 0.5) is 0 Å². The van der Waals surface area contributed by atoms with Gasteiger partial charge in [0.1, 0.15) is 5.75 Å². The SMILES string of the molecule is COc1ccc(CSc2nnc3scc(-c4ccccc4)n23)cc1Cl. The van der Waals surface area contributed by atoms with Gasteiger partial charge in [-0.3, -0.25) is 4.40 Å². The van der Waals surface area contributed by atoms with Crippen molar-refractivity contribution in [2.45, 2.75) is 10.9 Å². The first-order valence-corrected chi connectivity index (χ1v) is 9.84. The van der Waals surface area contributed by atoms with Crippen LogP contribution in [0.25, 0.3) is 16.2 Å². The summed E-state index contributed by atoms with van der Waals surface area (Å²) in [5.74, 6) is 1.44. The predicted molar refractivity (Wildman–Crippen MR) is 104 cm³/mol. The molecule has 25 heavy (non-hydrogen) atoms. The highest BCUT2D eigenvalue weighted by Crippen LogP contribution is 2.32. The van der Waals surface area contributed by atoms with Crippen molar-refractivity contribution < 1.29 is 4.74 Å². The fraction of sp³-hybridized carbons (Fsp3) is 0.111. The van der Waals surface area contributed by atoms with E-state index in [2.05, 4.69) is 32.1 Å². The first kappa shape index (κ1) is 16.4. The third kappa shape index (κ3) is 3.25. The van der Waals surface area contributed by atoms with Gasteiger partial charge in [-0.25, -0.2) is 0 Å². The maximum Gasteiger partial charge on any atom is 0.217 e. The Morgan fingerprint density at radius 1 is 1.16 bits per heavy atom. The Morgan fingerprint density at radius 2 is 2.00 bits per heavy atom. The van der Waals surface area contributed by atoms with Gasteiger partial charge < -0.3 is 4.74 Å². The van der Waals surface area contributed by atoms with Crippen molar-refractivity contribution in [1.29, 1.82) is 0 Å². The van der Waals surface area contributed by atoms with Crippen LogP contribution in [0.15, 0.2) is 59.1 Å². The molecule has 2 aromatic heterocycles. The van der Waals surface area contributed by atoms with Crippen molar-refractivity contribution in [2.75, 3.05) is 7.11 Å². The van der Waals surface area contributed by atoms with Crippen molar-refractivity contribution in [3.63, 3.8) is 0 Å². The van der Waals surface area contributed by atoms with Crippen LogP contribution >= 0.6 is 34.7 Å². The van der Waals surface area contributed by atoms with E-state index in [0.717, 1.165) is 32.7 Å². The quantitative estimate of drug-likeness (QED) is 0.429. The van der Waals surface area contributed by atoms with E-state index in [1.165, 1.54) is 0 Å². The van der Waals surface area contributed by atoms with Gasteiger partial charge in [0.05, 0.1) is 17.8 Å². The summed E-state index contributed by atoms with van der Waals surface area (Å²) in [6, 6.07) is 16.1. The van der Waals surface area contributed by atoms with Crippen LogP contribution in [-0.4, -0.2) is 21.7 Å². The third-order valence-electron chi connectivity index (χ3n) is 3.77. The first-order valence-electron chi connectivity index (χ1n) is 7.59. The molecule has 0 radical (unpaired) electrons. The van der Waals surface area contributed by atoms with E-state index in [9.17, 15) is 0 Å². The number of nitrogens with zero attached hydrogens (tertiary/aromatic N) is 3. The highest BCUT2D eigenvalue weighted by Gasteiger charge is 2.14. The topological polar surface area (TPSA) is 39.4 Å². The second kappa shape index (κ2) is 7.07. The van der Waals surface area contributed by atoms with Crippen molar-refractivity contribution >= 4 is 39.7 Å². The van der Waals surface area contributed by atoms with Gasteiger partial charge in [0, 0.05) is 11.1 Å². The average Bonchev–Trinajstić information content (AvgIpc) is 3.23. The Labute approximate surface area is 158 Å². The molecule has 0 saturated heterocycles. The number of rotatable bonds is 5. The number of aromatic nitrogens is 3. The van der Waals surface area contributed by atoms with E-state index in [1.54, 1.807) is 30.2 Å². The van der Waals surface area contributed by atoms with Crippen molar-refractivity contribution in [2.24, 2.45) is 0 Å². The zero-order valence-corrected chi connectivity index (χ0v) is 15.7. The van der Waals surface area contributed by atoms with Gasteiger partial charge in [0.15, 0.2) is 5.16 Å². The number of thioether (sulfide) groups is 1. The first-order chi connectivity index (χ1) is 12.3. The number of methoxy groups -OCH3 is 1. The maximum atomic E-state index is 6.21. The molecule has 0 spiro atoms. The number of thiazole rings is 1. The molecule has 0 bridgehead atoms. The summed E-state index contributed by atoms with van der Waals surface area (Å²) in [6.45, 7) is 0. The monoisotopic (exact) mass is 387 g/mol. The van der Waals surface area contributed by atoms with Gasteiger partial charge in [-0.05, 0) is 23.3 Å². The van der Waals surface area contributed by atoms with Gasteiger partial charge in [0.25, 0.3) is 0 Å². The van der Waals surface area contributed by atoms with Crippen LogP contribution in [0.1, 0.15) is 5.56 Å². The van der Waals surface area contributed by atoms with Crippen LogP contribution in [0.2, 0.25) is 5.02 Å². The Morgan fingerprint density at radius 3 is 2.76 bits per heavy atom. The summed E-state index contributed by atoms with van der Waals surface area (Å²) in [5, 5.41) is 12.2. The average molecular weight is 388 g/mol. The van der Waals surface area contributed by atoms with E-state index in [4.69, 9.17) is 16.3 Å². The van der Waals surface area contributed by atoms with Gasteiger partial charge in [-0.2, -0.15) is 0 Å². The predicted octanol–water partition coefficient (Wildman–Crippen LogP) is 5.41. The van der Waals surface area contributed by atoms with Crippen LogP contribution in [0.5, 0.6) is 5.75 Å². The molecule has 0 aliphatic heterocycles. The zero-order chi connectivity index (χ0) is 17.2. The maximum absolute atomic E-state index is 6.21. The van der Waals surface area contributed by atoms with E-state index in [1.807, 2.05) is 36.4 Å². The second-order valence-electron chi connectivity index (χ2n) is 5.35. The number of hydrogen-bond acceptors (Lipinski definition) is 5. The lowest BCUT2D eigenvalue weighted by Crippen LogP contribution is -1.91. The summed E-state index contributed by atoms with van der Waals surface area (Å²) < 4.78 is 7.31. The molecular formula is C18H14ClN3OS2. The summed E-state index contributed by atoms with van der Waals surface area (Å²) in [5.41, 5.74) is 3.38. The van der Waals surface area contributed by atoms with E-state index in [0.29, 0.717) is 10.8 Å². The third-order valence-corrected chi connectivity index (χ3v) is 5.89. The molecule has 0 fully saturated rings. The molecule has 7 heteroatoms. The van der Waals surface area contributed by atoms with Gasteiger partial charge in [-0.1, -0.05) is 59.8 Å². The molecule has 0 aliphatic carbocycles. The fourth-order valence-electron chi connectivity index (χ4n) is 2.55. The summed E-state index contributed by atoms with van der Waals surface area (Å²) >= 11 is 9.45. The van der Waals surface area contributed by atoms with Crippen molar-refractivity contribution in [1.82, 2.24) is 14.6 Å². The van der Waals surface area contributed by atoms with Gasteiger partial charge in [0.2, 0.25) is 4.96 Å². The number of hydrogen-bond donors (Lipinski definition) is 0. The van der Waals surface area contributed by atoms with Crippen LogP contribution in [-0.2, 0) is 5.75 Å². The standard InChI is InChI=1S/C18H14ClN3OS2/c1-23-16-8-7-12(9-14(16)19)10-24-17-20-21-18-22(17)15(11-25-18)13-5-3-2-4-6-13/h2-9,11H,10H2,1H3. The van der Waals surface area contributed by atoms with Crippen LogP contribution < -0.4 is 4.74 Å². The largest absolute Gasteiger partial charge is 0.495 e. The molecule has 4 aromatic rings. The summed E-state index contributed by atoms with van der Waals surface area (Å²) in [4.78, 5) is 0.897. The molecule has 2 aromatic carbocycles. The zero-order valence-electron chi connectivity index (χ0n) is 13.3. The summed E-state index contributed by atoms with van der Waals surface area (Å²) in [7, 11) is 1.62. The lowest BCUT2D eigenvalue weighted by Gasteiger charge is -2.06. The van der Waals surface area contributed by atoms with E-state index < -0.39 is 0 Å². The number of benzene rings is 2. The Hall–Kier alpha value is -2.02. The highest BCUT2D eigenvalue weighted by atomic mass is 35.5. The second-order valence-corrected chi connectivity index (χ2v) is 7.53. The molecule has 4 rings (SSSR count). The van der Waals surface area contributed by atoms with Crippen LogP contribution in [0.3, 0.4) is 0 Å². The minimum Gasteiger partial charge on any atom is -0.495 e. The molecule has 0 amide bonds. The minimum atomic E-state index is 0.618. The molecule has 0 saturated carbocycles. The fourth-order valence-corrected chi connectivity index (χ4v) is 4.61. The number of ether oxygens (including phenoxy) is 1. The molecule has 126 valence electrons. The molecule has 0 N–H and O–H groups in total. The molecule has 2 heterocycles. The van der Waals surface area contributed by atoms with Crippen molar-refractivity contribution in [3.05, 3.63) is 64.5 Å². The lowest BCUT2D eigenvalue weighted by molar-refractivity contribution is 0.415. The molecule has 0 unspecified atom stereocenters. The Kier molecular flexibility index (Phi) is 4.65. The molecular weight excluding hydrogens is 374 g/mol. The molecule has 4 nitrogen and oxygen atoms in total. The van der Waals surface area contributed by atoms with E-state index >= 15 is 0 Å². The van der Waals surface area contributed by atoms with Gasteiger partial charge >= 0.3 is 0 Å². The highest BCUT2D eigenvalue weighted by molar-refractivity contribution is 7.98. The van der Waals surface area contributed by atoms with Crippen molar-refractivity contribution in [3.8, 4) is 17.0 Å². The smallest absolute Gasteiger partial charge is 0.217 e. The lowest BCUT2D eigenvalue weighted by atomic mass is 10.2. The normalized spacial score (nSPS) is 11.1. The van der Waals surface area contributed by atoms with Crippen LogP contribution in [0, 0.1) is 0 Å². The Bertz CT molecular complexity index is 1010. The van der Waals surface area contributed by atoms with Gasteiger partial charge in [-0.15, -0.1) is 21.5 Å². The minimum absolute atomic E-state index is 0.618. The Balaban J connectivity index is 1.62. The molecule has 0 atom stereocenters. The summed E-state index contributed by atoms with van der Waals surface area (Å²) in [6.07, 6.45) is 0.